The van der Waals surface area contributed by atoms with E-state index < -0.39 is 0 Å². The number of rotatable bonds is 7. The molecule has 0 radical (unpaired) electrons. The third-order valence-electron chi connectivity index (χ3n) is 3.45. The van der Waals surface area contributed by atoms with Gasteiger partial charge in [-0.25, -0.2) is 0 Å². The minimum Gasteiger partial charge on any atom is -0.489 e. The van der Waals surface area contributed by atoms with E-state index in [1.165, 1.54) is 17.3 Å². The van der Waals surface area contributed by atoms with Crippen LogP contribution in [0.2, 0.25) is 5.02 Å². The van der Waals surface area contributed by atoms with Gasteiger partial charge < -0.3 is 10.5 Å². The molecule has 0 aliphatic heterocycles. The van der Waals surface area contributed by atoms with Crippen molar-refractivity contribution in [2.45, 2.75) is 32.1 Å². The zero-order chi connectivity index (χ0) is 18.1. The summed E-state index contributed by atoms with van der Waals surface area (Å²) in [6.45, 7) is 4.08. The summed E-state index contributed by atoms with van der Waals surface area (Å²) in [6.07, 6.45) is 2.67. The number of hydrogen-bond acceptors (Lipinski definition) is 4. The minimum atomic E-state index is 0.128. The summed E-state index contributed by atoms with van der Waals surface area (Å²) < 4.78 is 5.74. The van der Waals surface area contributed by atoms with Gasteiger partial charge in [-0.3, -0.25) is 0 Å². The molecule has 2 rings (SSSR count). The zero-order valence-corrected chi connectivity index (χ0v) is 15.9. The van der Waals surface area contributed by atoms with Crippen molar-refractivity contribution in [3.05, 3.63) is 64.7 Å². The predicted molar refractivity (Wildman–Crippen MR) is 109 cm³/mol. The lowest BCUT2D eigenvalue weighted by molar-refractivity contribution is 0.217. The van der Waals surface area contributed by atoms with Gasteiger partial charge in [-0.2, -0.15) is 5.10 Å². The second kappa shape index (κ2) is 10.1. The molecule has 0 aliphatic rings. The number of benzene rings is 2. The van der Waals surface area contributed by atoms with Crippen LogP contribution in [0.25, 0.3) is 0 Å². The van der Waals surface area contributed by atoms with Gasteiger partial charge in [0.15, 0.2) is 5.17 Å². The van der Waals surface area contributed by atoms with Crippen molar-refractivity contribution in [3.8, 4) is 5.75 Å². The van der Waals surface area contributed by atoms with Gasteiger partial charge in [0.05, 0.1) is 17.3 Å². The Bertz CT molecular complexity index is 735. The monoisotopic (exact) mass is 375 g/mol. The van der Waals surface area contributed by atoms with Gasteiger partial charge in [-0.1, -0.05) is 60.6 Å². The smallest absolute Gasteiger partial charge is 0.180 e. The lowest BCUT2D eigenvalue weighted by Gasteiger charge is -2.13. The molecule has 2 aromatic rings. The summed E-state index contributed by atoms with van der Waals surface area (Å²) in [4.78, 5) is 0. The fraction of sp³-hybridized carbons (Fsp3) is 0.263. The number of amidine groups is 1. The summed E-state index contributed by atoms with van der Waals surface area (Å²) in [6, 6.07) is 15.6. The number of hydrogen-bond donors (Lipinski definition) is 1. The Morgan fingerprint density at radius 2 is 2.04 bits per heavy atom. The molecule has 0 saturated heterocycles. The molecule has 0 heterocycles. The van der Waals surface area contributed by atoms with Crippen LogP contribution < -0.4 is 10.5 Å². The van der Waals surface area contributed by atoms with E-state index >= 15 is 0 Å². The molecule has 0 aliphatic carbocycles. The molecule has 0 bridgehead atoms. The molecule has 132 valence electrons. The van der Waals surface area contributed by atoms with Crippen LogP contribution >= 0.6 is 23.4 Å². The maximum Gasteiger partial charge on any atom is 0.180 e. The summed E-state index contributed by atoms with van der Waals surface area (Å²) >= 11 is 7.69. The molecule has 0 amide bonds. The number of nitrogens with zero attached hydrogens (tertiary/aromatic N) is 2. The van der Waals surface area contributed by atoms with Crippen molar-refractivity contribution in [2.75, 3.05) is 0 Å². The second-order valence-electron chi connectivity index (χ2n) is 5.48. The highest BCUT2D eigenvalue weighted by Gasteiger charge is 2.06. The fourth-order valence-electron chi connectivity index (χ4n) is 1.91. The van der Waals surface area contributed by atoms with Crippen molar-refractivity contribution in [3.63, 3.8) is 0 Å². The molecular formula is C19H22ClN3OS. The van der Waals surface area contributed by atoms with E-state index in [1.807, 2.05) is 37.3 Å². The zero-order valence-electron chi connectivity index (χ0n) is 14.4. The summed E-state index contributed by atoms with van der Waals surface area (Å²) in [5.74, 6) is 1.44. The van der Waals surface area contributed by atoms with Crippen molar-refractivity contribution < 1.29 is 4.74 Å². The Hall–Kier alpha value is -1.98. The molecule has 1 unspecified atom stereocenters. The van der Waals surface area contributed by atoms with Crippen molar-refractivity contribution in [1.82, 2.24) is 0 Å². The molecule has 4 nitrogen and oxygen atoms in total. The molecule has 0 saturated carbocycles. The number of halogens is 1. The SMILES string of the molecule is CCC(C)Oc1ccc(C=NN=C(N)SCc2ccccc2)cc1Cl. The second-order valence-corrected chi connectivity index (χ2v) is 6.89. The number of nitrogens with two attached hydrogens (primary N) is 1. The average molecular weight is 376 g/mol. The molecule has 0 fully saturated rings. The average Bonchev–Trinajstić information content (AvgIpc) is 2.63. The molecule has 25 heavy (non-hydrogen) atoms. The first-order chi connectivity index (χ1) is 12.1. The molecule has 6 heteroatoms. The molecule has 1 atom stereocenters. The molecular weight excluding hydrogens is 354 g/mol. The van der Waals surface area contributed by atoms with E-state index in [0.717, 1.165) is 17.7 Å². The van der Waals surface area contributed by atoms with Crippen LogP contribution in [0.3, 0.4) is 0 Å². The van der Waals surface area contributed by atoms with Crippen molar-refractivity contribution in [1.29, 1.82) is 0 Å². The highest BCUT2D eigenvalue weighted by atomic mass is 35.5. The van der Waals surface area contributed by atoms with Crippen LogP contribution in [0.1, 0.15) is 31.4 Å². The van der Waals surface area contributed by atoms with Gasteiger partial charge >= 0.3 is 0 Å². The number of ether oxygens (including phenoxy) is 1. The van der Waals surface area contributed by atoms with Crippen LogP contribution in [0.4, 0.5) is 0 Å². The van der Waals surface area contributed by atoms with Crippen LogP contribution in [0.15, 0.2) is 58.7 Å². The highest BCUT2D eigenvalue weighted by Crippen LogP contribution is 2.26. The van der Waals surface area contributed by atoms with E-state index in [0.29, 0.717) is 15.9 Å². The van der Waals surface area contributed by atoms with Crippen molar-refractivity contribution in [2.24, 2.45) is 15.9 Å². The standard InChI is InChI=1S/C19H22ClN3OS/c1-3-14(2)24-18-10-9-16(11-17(18)20)12-22-23-19(21)25-13-15-7-5-4-6-8-15/h4-12,14H,3,13H2,1-2H3,(H2,21,23). The molecule has 2 N–H and O–H groups in total. The maximum atomic E-state index is 6.24. The lowest BCUT2D eigenvalue weighted by Crippen LogP contribution is -2.10. The van der Waals surface area contributed by atoms with Crippen LogP contribution in [-0.4, -0.2) is 17.5 Å². The van der Waals surface area contributed by atoms with Crippen LogP contribution in [-0.2, 0) is 5.75 Å². The first kappa shape index (κ1) is 19.3. The van der Waals surface area contributed by atoms with Crippen LogP contribution in [0, 0.1) is 0 Å². The van der Waals surface area contributed by atoms with Gasteiger partial charge in [-0.05, 0) is 42.7 Å². The van der Waals surface area contributed by atoms with Gasteiger partial charge in [0.1, 0.15) is 5.75 Å². The van der Waals surface area contributed by atoms with Gasteiger partial charge in [0, 0.05) is 5.75 Å². The molecule has 0 aromatic heterocycles. The van der Waals surface area contributed by atoms with Gasteiger partial charge in [0.2, 0.25) is 0 Å². The van der Waals surface area contributed by atoms with Gasteiger partial charge in [0.25, 0.3) is 0 Å². The predicted octanol–water partition coefficient (Wildman–Crippen LogP) is 5.10. The van der Waals surface area contributed by atoms with Crippen LogP contribution in [0.5, 0.6) is 5.75 Å². The van der Waals surface area contributed by atoms with E-state index in [1.54, 1.807) is 12.3 Å². The Kier molecular flexibility index (Phi) is 7.82. The first-order valence-corrected chi connectivity index (χ1v) is 9.44. The third kappa shape index (κ3) is 6.80. The van der Waals surface area contributed by atoms with E-state index in [2.05, 4.69) is 29.3 Å². The lowest BCUT2D eigenvalue weighted by atomic mass is 10.2. The van der Waals surface area contributed by atoms with E-state index in [9.17, 15) is 0 Å². The Labute approximate surface area is 158 Å². The topological polar surface area (TPSA) is 60.0 Å². The summed E-state index contributed by atoms with van der Waals surface area (Å²) in [7, 11) is 0. The maximum absolute atomic E-state index is 6.24. The Morgan fingerprint density at radius 1 is 1.28 bits per heavy atom. The van der Waals surface area contributed by atoms with Gasteiger partial charge in [-0.15, -0.1) is 5.10 Å². The summed E-state index contributed by atoms with van der Waals surface area (Å²) in [5.41, 5.74) is 7.89. The third-order valence-corrected chi connectivity index (χ3v) is 4.60. The Balaban J connectivity index is 1.91. The van der Waals surface area contributed by atoms with Crippen molar-refractivity contribution >= 4 is 34.7 Å². The molecule has 0 spiro atoms. The highest BCUT2D eigenvalue weighted by molar-refractivity contribution is 8.13. The first-order valence-electron chi connectivity index (χ1n) is 8.08. The summed E-state index contributed by atoms with van der Waals surface area (Å²) in [5, 5.41) is 8.99. The number of thioether (sulfide) groups is 1. The van der Waals surface area contributed by atoms with E-state index in [4.69, 9.17) is 22.1 Å². The normalized spacial score (nSPS) is 13.2. The fourth-order valence-corrected chi connectivity index (χ4v) is 2.75. The molecule has 2 aromatic carbocycles. The quantitative estimate of drug-likeness (QED) is 0.416. The largest absolute Gasteiger partial charge is 0.489 e. The minimum absolute atomic E-state index is 0.128. The van der Waals surface area contributed by atoms with E-state index in [-0.39, 0.29) is 6.10 Å². The Morgan fingerprint density at radius 3 is 2.72 bits per heavy atom.